The third-order valence-electron chi connectivity index (χ3n) is 2.49. The Kier molecular flexibility index (Phi) is 2.64. The molecule has 0 aliphatic rings. The maximum absolute atomic E-state index is 11.1. The Bertz CT molecular complexity index is 750. The highest BCUT2D eigenvalue weighted by atomic mass is 79.9. The van der Waals surface area contributed by atoms with Gasteiger partial charge in [-0.25, -0.2) is 14.8 Å². The summed E-state index contributed by atoms with van der Waals surface area (Å²) in [7, 11) is 0. The van der Waals surface area contributed by atoms with Crippen LogP contribution < -0.4 is 0 Å². The van der Waals surface area contributed by atoms with Crippen molar-refractivity contribution in [2.75, 3.05) is 0 Å². The number of nitrogens with zero attached hydrogens (tertiary/aromatic N) is 2. The van der Waals surface area contributed by atoms with Crippen LogP contribution in [0.3, 0.4) is 0 Å². The van der Waals surface area contributed by atoms with Crippen molar-refractivity contribution in [1.82, 2.24) is 15.0 Å². The van der Waals surface area contributed by atoms with Gasteiger partial charge < -0.3 is 10.1 Å². The van der Waals surface area contributed by atoms with Crippen molar-refractivity contribution in [3.05, 3.63) is 33.1 Å². The van der Waals surface area contributed by atoms with Crippen molar-refractivity contribution in [3.8, 4) is 11.4 Å². The van der Waals surface area contributed by atoms with E-state index in [2.05, 4.69) is 30.9 Å². The van der Waals surface area contributed by atoms with E-state index in [0.717, 1.165) is 10.0 Å². The summed E-state index contributed by atoms with van der Waals surface area (Å²) >= 11 is 4.96. The van der Waals surface area contributed by atoms with E-state index in [-0.39, 0.29) is 5.56 Å². The second-order valence-corrected chi connectivity index (χ2v) is 5.18. The highest BCUT2D eigenvalue weighted by molar-refractivity contribution is 9.10. The Morgan fingerprint density at radius 3 is 2.94 bits per heavy atom. The Labute approximate surface area is 114 Å². The number of aromatic carboxylic acids is 1. The largest absolute Gasteiger partial charge is 0.478 e. The monoisotopic (exact) mass is 323 g/mol. The van der Waals surface area contributed by atoms with Gasteiger partial charge in [0, 0.05) is 27.0 Å². The van der Waals surface area contributed by atoms with E-state index in [4.69, 9.17) is 5.11 Å². The van der Waals surface area contributed by atoms with E-state index in [9.17, 15) is 4.79 Å². The molecule has 0 unspecified atom stereocenters. The highest BCUT2D eigenvalue weighted by Crippen LogP contribution is 2.31. The molecule has 18 heavy (non-hydrogen) atoms. The summed E-state index contributed by atoms with van der Waals surface area (Å²) in [6.07, 6.45) is 1.44. The van der Waals surface area contributed by atoms with Crippen LogP contribution >= 0.6 is 27.3 Å². The number of carbonyl (C=O) groups is 1. The highest BCUT2D eigenvalue weighted by Gasteiger charge is 2.15. The molecule has 0 aliphatic heterocycles. The van der Waals surface area contributed by atoms with Gasteiger partial charge in [-0.2, -0.15) is 11.3 Å². The number of imidazole rings is 1. The zero-order chi connectivity index (χ0) is 12.7. The fourth-order valence-corrected chi connectivity index (χ4v) is 3.13. The molecule has 0 spiro atoms. The summed E-state index contributed by atoms with van der Waals surface area (Å²) in [6.45, 7) is 0. The van der Waals surface area contributed by atoms with E-state index in [0.29, 0.717) is 17.0 Å². The van der Waals surface area contributed by atoms with Gasteiger partial charge in [-0.3, -0.25) is 0 Å². The van der Waals surface area contributed by atoms with Crippen molar-refractivity contribution in [3.63, 3.8) is 0 Å². The molecule has 3 aromatic heterocycles. The number of pyridine rings is 1. The lowest BCUT2D eigenvalue weighted by atomic mass is 10.2. The molecule has 7 heteroatoms. The van der Waals surface area contributed by atoms with Crippen LogP contribution in [0, 0.1) is 0 Å². The topological polar surface area (TPSA) is 78.9 Å². The lowest BCUT2D eigenvalue weighted by Crippen LogP contribution is -1.97. The molecule has 2 N–H and O–H groups in total. The number of aromatic amines is 1. The van der Waals surface area contributed by atoms with E-state index < -0.39 is 5.97 Å². The molecular weight excluding hydrogens is 318 g/mol. The number of thiophene rings is 1. The van der Waals surface area contributed by atoms with E-state index in [1.54, 1.807) is 0 Å². The number of halogens is 1. The van der Waals surface area contributed by atoms with E-state index in [1.165, 1.54) is 23.6 Å². The molecular formula is C11H6BrN3O2S. The van der Waals surface area contributed by atoms with Crippen LogP contribution in [0.15, 0.2) is 27.5 Å². The van der Waals surface area contributed by atoms with Crippen LogP contribution in [0.4, 0.5) is 0 Å². The van der Waals surface area contributed by atoms with Crippen molar-refractivity contribution < 1.29 is 9.90 Å². The van der Waals surface area contributed by atoms with Crippen molar-refractivity contribution >= 4 is 44.4 Å². The van der Waals surface area contributed by atoms with Crippen LogP contribution in [0.5, 0.6) is 0 Å². The first-order valence-corrected chi connectivity index (χ1v) is 6.70. The third-order valence-corrected chi connectivity index (χ3v) is 4.20. The minimum Gasteiger partial charge on any atom is -0.478 e. The minimum absolute atomic E-state index is 0.171. The number of aromatic nitrogens is 3. The number of rotatable bonds is 2. The van der Waals surface area contributed by atoms with Gasteiger partial charge in [0.2, 0.25) is 0 Å². The molecule has 0 bridgehead atoms. The first kappa shape index (κ1) is 11.4. The average Bonchev–Trinajstić information content (AvgIpc) is 2.92. The summed E-state index contributed by atoms with van der Waals surface area (Å²) in [6, 6.07) is 1.45. The van der Waals surface area contributed by atoms with Gasteiger partial charge in [0.1, 0.15) is 5.82 Å². The van der Waals surface area contributed by atoms with Crippen molar-refractivity contribution in [2.24, 2.45) is 0 Å². The van der Waals surface area contributed by atoms with Gasteiger partial charge in [0.25, 0.3) is 0 Å². The molecule has 5 nitrogen and oxygen atoms in total. The molecule has 0 saturated carbocycles. The lowest BCUT2D eigenvalue weighted by molar-refractivity contribution is 0.0699. The zero-order valence-corrected chi connectivity index (χ0v) is 11.2. The normalized spacial score (nSPS) is 10.9. The summed E-state index contributed by atoms with van der Waals surface area (Å²) in [5.74, 6) is -0.388. The number of nitrogens with one attached hydrogen (secondary N) is 1. The van der Waals surface area contributed by atoms with E-state index in [1.807, 2.05) is 10.8 Å². The Morgan fingerprint density at radius 1 is 1.44 bits per heavy atom. The van der Waals surface area contributed by atoms with Crippen molar-refractivity contribution in [2.45, 2.75) is 0 Å². The maximum Gasteiger partial charge on any atom is 0.338 e. The Hall–Kier alpha value is -1.73. The second kappa shape index (κ2) is 4.18. The molecule has 3 heterocycles. The van der Waals surface area contributed by atoms with Crippen molar-refractivity contribution in [1.29, 1.82) is 0 Å². The zero-order valence-electron chi connectivity index (χ0n) is 8.85. The fraction of sp³-hybridized carbons (Fsp3) is 0. The van der Waals surface area contributed by atoms with Crippen LogP contribution in [0.2, 0.25) is 0 Å². The van der Waals surface area contributed by atoms with E-state index >= 15 is 0 Å². The molecule has 0 radical (unpaired) electrons. The Morgan fingerprint density at radius 2 is 2.28 bits per heavy atom. The average molecular weight is 324 g/mol. The predicted octanol–water partition coefficient (Wildman–Crippen LogP) is 3.15. The number of H-pyrrole nitrogens is 1. The summed E-state index contributed by atoms with van der Waals surface area (Å²) in [4.78, 5) is 22.5. The van der Waals surface area contributed by atoms with Gasteiger partial charge in [0.05, 0.1) is 11.1 Å². The molecule has 0 aliphatic carbocycles. The molecule has 3 aromatic rings. The number of carboxylic acids is 1. The summed E-state index contributed by atoms with van der Waals surface area (Å²) in [5, 5.41) is 13.0. The lowest BCUT2D eigenvalue weighted by Gasteiger charge is -1.94. The minimum atomic E-state index is -0.998. The number of carboxylic acid groups (broad SMARTS) is 1. The molecule has 3 rings (SSSR count). The van der Waals surface area contributed by atoms with Crippen LogP contribution in [-0.4, -0.2) is 26.0 Å². The van der Waals surface area contributed by atoms with Crippen LogP contribution in [0.25, 0.3) is 22.6 Å². The van der Waals surface area contributed by atoms with Gasteiger partial charge in [-0.1, -0.05) is 0 Å². The first-order valence-electron chi connectivity index (χ1n) is 4.97. The number of hydrogen-bond donors (Lipinski definition) is 2. The third kappa shape index (κ3) is 1.72. The smallest absolute Gasteiger partial charge is 0.338 e. The molecule has 0 saturated heterocycles. The molecule has 90 valence electrons. The van der Waals surface area contributed by atoms with Gasteiger partial charge in [-0.15, -0.1) is 0 Å². The fourth-order valence-electron chi connectivity index (χ4n) is 1.67. The second-order valence-electron chi connectivity index (χ2n) is 3.58. The number of hydrogen-bond acceptors (Lipinski definition) is 4. The standard InChI is InChI=1S/C11H6BrN3O2S/c12-7-4-18-3-6(7)9-14-8-5(11(16)17)1-2-13-10(8)15-9/h1-4H,(H,16,17)(H,13,14,15). The van der Waals surface area contributed by atoms with Gasteiger partial charge in [-0.05, 0) is 22.0 Å². The molecule has 0 amide bonds. The SMILES string of the molecule is O=C(O)c1ccnc2nc(-c3cscc3Br)[nH]c12. The summed E-state index contributed by atoms with van der Waals surface area (Å²) in [5.41, 5.74) is 1.92. The number of fused-ring (bicyclic) bond motifs is 1. The quantitative estimate of drug-likeness (QED) is 0.759. The molecule has 0 atom stereocenters. The molecule has 0 aromatic carbocycles. The van der Waals surface area contributed by atoms with Crippen LogP contribution in [-0.2, 0) is 0 Å². The van der Waals surface area contributed by atoms with Gasteiger partial charge >= 0.3 is 5.97 Å². The van der Waals surface area contributed by atoms with Crippen LogP contribution in [0.1, 0.15) is 10.4 Å². The predicted molar refractivity (Wildman–Crippen MR) is 71.9 cm³/mol. The Balaban J connectivity index is 2.26. The summed E-state index contributed by atoms with van der Waals surface area (Å²) < 4.78 is 0.920. The molecule has 0 fully saturated rings. The van der Waals surface area contributed by atoms with Gasteiger partial charge in [0.15, 0.2) is 5.65 Å². The first-order chi connectivity index (χ1) is 8.66. The maximum atomic E-state index is 11.1.